The number of rotatable bonds is 6. The minimum Gasteiger partial charge on any atom is -0.464 e. The molecule has 0 fully saturated rings. The number of carbonyl (C=O) groups excluding carboxylic acids is 1. The molecule has 0 atom stereocenters. The summed E-state index contributed by atoms with van der Waals surface area (Å²) in [6, 6.07) is 17.1. The monoisotopic (exact) mass is 384 g/mol. The molecule has 2 aromatic heterocycles. The molecule has 2 N–H and O–H groups in total. The van der Waals surface area contributed by atoms with Gasteiger partial charge in [-0.3, -0.25) is 4.79 Å². The molecule has 0 saturated heterocycles. The lowest BCUT2D eigenvalue weighted by Crippen LogP contribution is -2.03. The SMILES string of the molecule is Cc1ccc(Nc2nccc(Nc3c(C)cc(C=O)cc3-c3ccco3)n2)cc1. The molecule has 4 aromatic rings. The van der Waals surface area contributed by atoms with Crippen molar-refractivity contribution < 1.29 is 9.21 Å². The van der Waals surface area contributed by atoms with Gasteiger partial charge in [0, 0.05) is 23.0 Å². The van der Waals surface area contributed by atoms with Gasteiger partial charge < -0.3 is 15.1 Å². The Bertz CT molecular complexity index is 1140. The van der Waals surface area contributed by atoms with Crippen molar-refractivity contribution in [3.05, 3.63) is 83.7 Å². The third kappa shape index (κ3) is 4.16. The van der Waals surface area contributed by atoms with E-state index >= 15 is 0 Å². The molecule has 0 amide bonds. The van der Waals surface area contributed by atoms with Crippen LogP contribution in [0.1, 0.15) is 21.5 Å². The molecule has 6 heteroatoms. The average molecular weight is 384 g/mol. The zero-order chi connectivity index (χ0) is 20.2. The number of hydrogen-bond donors (Lipinski definition) is 2. The second kappa shape index (κ2) is 7.98. The van der Waals surface area contributed by atoms with Gasteiger partial charge in [-0.05, 0) is 61.9 Å². The standard InChI is InChI=1S/C23H20N4O2/c1-15-5-7-18(8-6-15)25-23-24-10-9-21(27-23)26-22-16(2)12-17(14-28)13-19(22)20-4-3-11-29-20/h3-14H,1-2H3,(H2,24,25,26,27). The lowest BCUT2D eigenvalue weighted by molar-refractivity contribution is 0.112. The normalized spacial score (nSPS) is 10.6. The van der Waals surface area contributed by atoms with E-state index in [1.165, 1.54) is 5.56 Å². The maximum atomic E-state index is 11.3. The first-order chi connectivity index (χ1) is 14.1. The van der Waals surface area contributed by atoms with Crippen LogP contribution in [-0.4, -0.2) is 16.3 Å². The number of anilines is 4. The number of aldehydes is 1. The third-order valence-corrected chi connectivity index (χ3v) is 4.50. The number of aryl methyl sites for hydroxylation is 2. The predicted octanol–water partition coefficient (Wildman–Crippen LogP) is 5.65. The Morgan fingerprint density at radius 3 is 2.55 bits per heavy atom. The molecule has 0 aliphatic carbocycles. The van der Waals surface area contributed by atoms with Crippen LogP contribution in [0.15, 0.2) is 71.5 Å². The second-order valence-electron chi connectivity index (χ2n) is 6.74. The fourth-order valence-corrected chi connectivity index (χ4v) is 3.06. The molecule has 0 radical (unpaired) electrons. The maximum Gasteiger partial charge on any atom is 0.229 e. The topological polar surface area (TPSA) is 80.0 Å². The lowest BCUT2D eigenvalue weighted by Gasteiger charge is -2.15. The van der Waals surface area contributed by atoms with Crippen molar-refractivity contribution >= 4 is 29.4 Å². The Morgan fingerprint density at radius 2 is 1.83 bits per heavy atom. The van der Waals surface area contributed by atoms with E-state index in [0.29, 0.717) is 23.1 Å². The largest absolute Gasteiger partial charge is 0.464 e. The van der Waals surface area contributed by atoms with Crippen LogP contribution in [0.4, 0.5) is 23.1 Å². The van der Waals surface area contributed by atoms with Crippen LogP contribution < -0.4 is 10.6 Å². The summed E-state index contributed by atoms with van der Waals surface area (Å²) < 4.78 is 5.56. The van der Waals surface area contributed by atoms with Gasteiger partial charge in [0.2, 0.25) is 5.95 Å². The number of carbonyl (C=O) groups is 1. The molecule has 0 spiro atoms. The number of nitrogens with zero attached hydrogens (tertiary/aromatic N) is 2. The number of hydrogen-bond acceptors (Lipinski definition) is 6. The van der Waals surface area contributed by atoms with Gasteiger partial charge >= 0.3 is 0 Å². The number of nitrogens with one attached hydrogen (secondary N) is 2. The van der Waals surface area contributed by atoms with Crippen LogP contribution in [-0.2, 0) is 0 Å². The molecule has 0 unspecified atom stereocenters. The highest BCUT2D eigenvalue weighted by Gasteiger charge is 2.14. The zero-order valence-electron chi connectivity index (χ0n) is 16.1. The van der Waals surface area contributed by atoms with Gasteiger partial charge in [-0.1, -0.05) is 17.7 Å². The highest BCUT2D eigenvalue weighted by molar-refractivity contribution is 5.87. The first-order valence-corrected chi connectivity index (χ1v) is 9.20. The number of furan rings is 1. The van der Waals surface area contributed by atoms with Gasteiger partial charge in [0.15, 0.2) is 0 Å². The molecule has 0 bridgehead atoms. The summed E-state index contributed by atoms with van der Waals surface area (Å²) in [7, 11) is 0. The molecule has 2 aromatic carbocycles. The van der Waals surface area contributed by atoms with Crippen molar-refractivity contribution in [1.82, 2.24) is 9.97 Å². The summed E-state index contributed by atoms with van der Waals surface area (Å²) in [5.74, 6) is 1.79. The first kappa shape index (κ1) is 18.4. The summed E-state index contributed by atoms with van der Waals surface area (Å²) in [5.41, 5.74) is 5.22. The minimum absolute atomic E-state index is 0.487. The summed E-state index contributed by atoms with van der Waals surface area (Å²) in [6.07, 6.45) is 4.13. The van der Waals surface area contributed by atoms with Crippen molar-refractivity contribution in [3.63, 3.8) is 0 Å². The number of benzene rings is 2. The quantitative estimate of drug-likeness (QED) is 0.418. The van der Waals surface area contributed by atoms with E-state index in [2.05, 4.69) is 20.6 Å². The molecule has 144 valence electrons. The summed E-state index contributed by atoms with van der Waals surface area (Å²) in [6.45, 7) is 3.98. The van der Waals surface area contributed by atoms with E-state index in [-0.39, 0.29) is 0 Å². The minimum atomic E-state index is 0.487. The Kier molecular flexibility index (Phi) is 5.07. The van der Waals surface area contributed by atoms with E-state index in [0.717, 1.165) is 28.8 Å². The Labute approximate surface area is 168 Å². The lowest BCUT2D eigenvalue weighted by atomic mass is 10.0. The predicted molar refractivity (Wildman–Crippen MR) is 114 cm³/mol. The Morgan fingerprint density at radius 1 is 1.00 bits per heavy atom. The van der Waals surface area contributed by atoms with Crippen LogP contribution in [0.5, 0.6) is 0 Å². The highest BCUT2D eigenvalue weighted by Crippen LogP contribution is 2.34. The molecule has 0 saturated carbocycles. The van der Waals surface area contributed by atoms with Crippen molar-refractivity contribution in [2.75, 3.05) is 10.6 Å². The van der Waals surface area contributed by atoms with Crippen molar-refractivity contribution in [2.45, 2.75) is 13.8 Å². The van der Waals surface area contributed by atoms with Crippen molar-refractivity contribution in [3.8, 4) is 11.3 Å². The summed E-state index contributed by atoms with van der Waals surface area (Å²) in [5, 5.41) is 6.55. The van der Waals surface area contributed by atoms with Gasteiger partial charge in [0.1, 0.15) is 17.9 Å². The van der Waals surface area contributed by atoms with Gasteiger partial charge in [-0.2, -0.15) is 4.98 Å². The third-order valence-electron chi connectivity index (χ3n) is 4.50. The van der Waals surface area contributed by atoms with Crippen LogP contribution in [0, 0.1) is 13.8 Å². The van der Waals surface area contributed by atoms with E-state index in [1.807, 2.05) is 56.3 Å². The molecular weight excluding hydrogens is 364 g/mol. The highest BCUT2D eigenvalue weighted by atomic mass is 16.3. The van der Waals surface area contributed by atoms with Gasteiger partial charge in [0.05, 0.1) is 12.0 Å². The first-order valence-electron chi connectivity index (χ1n) is 9.20. The summed E-state index contributed by atoms with van der Waals surface area (Å²) in [4.78, 5) is 20.2. The van der Waals surface area contributed by atoms with Gasteiger partial charge in [-0.15, -0.1) is 0 Å². The molecule has 0 aliphatic heterocycles. The van der Waals surface area contributed by atoms with E-state index in [9.17, 15) is 4.79 Å². The van der Waals surface area contributed by atoms with E-state index in [1.54, 1.807) is 24.6 Å². The maximum absolute atomic E-state index is 11.3. The van der Waals surface area contributed by atoms with Crippen LogP contribution >= 0.6 is 0 Å². The van der Waals surface area contributed by atoms with Crippen LogP contribution in [0.3, 0.4) is 0 Å². The molecule has 0 aliphatic rings. The van der Waals surface area contributed by atoms with Crippen LogP contribution in [0.2, 0.25) is 0 Å². The molecule has 29 heavy (non-hydrogen) atoms. The Hall–Kier alpha value is -3.93. The van der Waals surface area contributed by atoms with E-state index < -0.39 is 0 Å². The molecule has 2 heterocycles. The van der Waals surface area contributed by atoms with Gasteiger partial charge in [-0.25, -0.2) is 4.98 Å². The van der Waals surface area contributed by atoms with Crippen molar-refractivity contribution in [1.29, 1.82) is 0 Å². The van der Waals surface area contributed by atoms with Crippen LogP contribution in [0.25, 0.3) is 11.3 Å². The average Bonchev–Trinajstić information content (AvgIpc) is 3.26. The van der Waals surface area contributed by atoms with Gasteiger partial charge in [0.25, 0.3) is 0 Å². The van der Waals surface area contributed by atoms with E-state index in [4.69, 9.17) is 4.42 Å². The zero-order valence-corrected chi connectivity index (χ0v) is 16.1. The second-order valence-corrected chi connectivity index (χ2v) is 6.74. The summed E-state index contributed by atoms with van der Waals surface area (Å²) >= 11 is 0. The molecule has 4 rings (SSSR count). The fraction of sp³-hybridized carbons (Fsp3) is 0.0870. The Balaban J connectivity index is 1.66. The molecular formula is C23H20N4O2. The fourth-order valence-electron chi connectivity index (χ4n) is 3.06. The smallest absolute Gasteiger partial charge is 0.229 e. The number of aromatic nitrogens is 2. The molecule has 6 nitrogen and oxygen atoms in total. The van der Waals surface area contributed by atoms with Crippen molar-refractivity contribution in [2.24, 2.45) is 0 Å².